The fraction of sp³-hybridized carbons (Fsp3) is 0.757. The van der Waals surface area contributed by atoms with E-state index in [1.54, 1.807) is 6.92 Å². The molecule has 0 rings (SSSR count). The van der Waals surface area contributed by atoms with Gasteiger partial charge in [-0.1, -0.05) is 6.58 Å². The van der Waals surface area contributed by atoms with Gasteiger partial charge in [0.25, 0.3) is 0 Å². The average Bonchev–Trinajstić information content (AvgIpc) is 3.18. The van der Waals surface area contributed by atoms with Gasteiger partial charge in [0.05, 0.1) is 62.6 Å². The molecule has 0 fully saturated rings. The van der Waals surface area contributed by atoms with Crippen LogP contribution in [0.5, 0.6) is 0 Å². The summed E-state index contributed by atoms with van der Waals surface area (Å²) in [4.78, 5) is 86.9. The van der Waals surface area contributed by atoms with Gasteiger partial charge < -0.3 is 43.4 Å². The summed E-state index contributed by atoms with van der Waals surface area (Å²) >= 11 is 24.2. The van der Waals surface area contributed by atoms with Crippen LogP contribution in [-0.2, 0) is 66.7 Å². The Labute approximate surface area is 381 Å². The molecule has 0 bridgehead atoms. The van der Waals surface area contributed by atoms with Gasteiger partial charge in [0.15, 0.2) is 0 Å². The highest BCUT2D eigenvalue weighted by atomic mass is 32.1. The van der Waals surface area contributed by atoms with Crippen molar-refractivity contribution in [3.8, 4) is 0 Å². The number of hydrogen-bond donors (Lipinski definition) is 7. The lowest BCUT2D eigenvalue weighted by Crippen LogP contribution is -2.47. The fourth-order valence-corrected chi connectivity index (χ4v) is 5.21. The van der Waals surface area contributed by atoms with E-state index in [0.717, 1.165) is 19.5 Å². The molecule has 0 aliphatic heterocycles. The minimum Gasteiger partial charge on any atom is -0.465 e. The van der Waals surface area contributed by atoms with Crippen LogP contribution in [0, 0.1) is 10.8 Å². The first-order valence-corrected chi connectivity index (χ1v) is 22.5. The molecule has 22 heteroatoms. The fourth-order valence-electron chi connectivity index (χ4n) is 4.11. The van der Waals surface area contributed by atoms with E-state index in [1.165, 1.54) is 0 Å². The molecule has 1 N–H and O–H groups in total. The van der Waals surface area contributed by atoms with Gasteiger partial charge in [0, 0.05) is 46.6 Å². The Balaban J connectivity index is 0. The van der Waals surface area contributed by atoms with Crippen LogP contribution < -0.4 is 5.32 Å². The van der Waals surface area contributed by atoms with Crippen molar-refractivity contribution in [2.45, 2.75) is 51.9 Å². The third kappa shape index (κ3) is 32.4. The van der Waals surface area contributed by atoms with Gasteiger partial charge in [-0.2, -0.15) is 75.8 Å². The molecule has 0 radical (unpaired) electrons. The molecule has 0 atom stereocenters. The smallest absolute Gasteiger partial charge is 0.306 e. The highest BCUT2D eigenvalue weighted by Gasteiger charge is 2.41. The Morgan fingerprint density at radius 1 is 0.492 bits per heavy atom. The Morgan fingerprint density at radius 3 is 0.949 bits per heavy atom. The number of esters is 6. The van der Waals surface area contributed by atoms with Crippen LogP contribution >= 0.6 is 75.8 Å². The molecule has 0 aromatic carbocycles. The highest BCUT2D eigenvalue weighted by Crippen LogP contribution is 2.27. The predicted molar refractivity (Wildman–Crippen MR) is 243 cm³/mol. The van der Waals surface area contributed by atoms with E-state index in [4.69, 9.17) is 33.2 Å². The topological polar surface area (TPSA) is 199 Å². The summed E-state index contributed by atoms with van der Waals surface area (Å²) in [6.45, 7) is 3.96. The van der Waals surface area contributed by atoms with Crippen molar-refractivity contribution < 1.29 is 66.7 Å². The van der Waals surface area contributed by atoms with E-state index < -0.39 is 46.6 Å². The van der Waals surface area contributed by atoms with E-state index in [2.05, 4.69) is 92.6 Å². The average molecular weight is 953 g/mol. The van der Waals surface area contributed by atoms with Crippen molar-refractivity contribution in [3.05, 3.63) is 12.2 Å². The minimum atomic E-state index is -1.41. The molecule has 342 valence electrons. The number of nitrogens with zero attached hydrogens (tertiary/aromatic N) is 1. The lowest BCUT2D eigenvalue weighted by molar-refractivity contribution is -0.174. The zero-order chi connectivity index (χ0) is 45.1. The van der Waals surface area contributed by atoms with Gasteiger partial charge >= 0.3 is 35.8 Å². The number of carbonyl (C=O) groups is 7. The number of ether oxygens (including phenoxy) is 7. The summed E-state index contributed by atoms with van der Waals surface area (Å²) in [6, 6.07) is 0. The van der Waals surface area contributed by atoms with Gasteiger partial charge in [-0.15, -0.1) is 0 Å². The molecular weight excluding hydrogens is 889 g/mol. The summed E-state index contributed by atoms with van der Waals surface area (Å²) in [6.07, 6.45) is 0.865. The lowest BCUT2D eigenvalue weighted by atomic mass is 9.90. The molecular formula is C37H64N2O14S6. The van der Waals surface area contributed by atoms with Gasteiger partial charge in [-0.05, 0) is 34.0 Å². The van der Waals surface area contributed by atoms with Crippen molar-refractivity contribution in [2.75, 3.05) is 115 Å². The van der Waals surface area contributed by atoms with Crippen LogP contribution in [-0.4, -0.2) is 161 Å². The molecule has 0 saturated heterocycles. The van der Waals surface area contributed by atoms with Gasteiger partial charge in [-0.3, -0.25) is 33.6 Å². The van der Waals surface area contributed by atoms with Gasteiger partial charge in [0.2, 0.25) is 5.91 Å². The first-order chi connectivity index (χ1) is 28.0. The molecule has 0 unspecified atom stereocenters. The summed E-state index contributed by atoms with van der Waals surface area (Å²) in [7, 11) is 4.03. The molecule has 16 nitrogen and oxygen atoms in total. The van der Waals surface area contributed by atoms with Crippen LogP contribution in [0.15, 0.2) is 12.2 Å². The maximum absolute atomic E-state index is 12.3. The third-order valence-corrected chi connectivity index (χ3v) is 8.75. The van der Waals surface area contributed by atoms with Crippen molar-refractivity contribution in [3.63, 3.8) is 0 Å². The molecule has 0 aliphatic carbocycles. The summed E-state index contributed by atoms with van der Waals surface area (Å²) in [5, 5.41) is 2.77. The zero-order valence-electron chi connectivity index (χ0n) is 34.3. The number of thiol groups is 6. The Bertz CT molecular complexity index is 1090. The third-order valence-electron chi connectivity index (χ3n) is 7.40. The number of rotatable bonds is 33. The van der Waals surface area contributed by atoms with Crippen molar-refractivity contribution in [1.29, 1.82) is 0 Å². The largest absolute Gasteiger partial charge is 0.465 e. The van der Waals surface area contributed by atoms with Gasteiger partial charge in [0.1, 0.15) is 39.6 Å². The first-order valence-electron chi connectivity index (χ1n) is 18.7. The Morgan fingerprint density at radius 2 is 0.746 bits per heavy atom. The van der Waals surface area contributed by atoms with Crippen LogP contribution in [0.4, 0.5) is 0 Å². The molecule has 0 spiro atoms. The first kappa shape index (κ1) is 59.1. The number of amides is 1. The maximum Gasteiger partial charge on any atom is 0.306 e. The second-order valence-electron chi connectivity index (χ2n) is 13.5. The van der Waals surface area contributed by atoms with Crippen LogP contribution in [0.25, 0.3) is 0 Å². The second kappa shape index (κ2) is 36.7. The Kier molecular flexibility index (Phi) is 36.8. The molecule has 0 heterocycles. The van der Waals surface area contributed by atoms with E-state index in [1.807, 2.05) is 14.1 Å². The molecule has 1 amide bonds. The minimum absolute atomic E-state index is 0.0189. The lowest BCUT2D eigenvalue weighted by Gasteiger charge is -2.35. The monoisotopic (exact) mass is 952 g/mol. The van der Waals surface area contributed by atoms with Crippen LogP contribution in [0.2, 0.25) is 0 Å². The molecule has 0 aromatic rings. The van der Waals surface area contributed by atoms with Crippen molar-refractivity contribution >= 4 is 117 Å². The predicted octanol–water partition coefficient (Wildman–Crippen LogP) is 2.78. The molecule has 0 saturated carbocycles. The molecule has 0 aromatic heterocycles. The number of hydrogen-bond acceptors (Lipinski definition) is 21. The summed E-state index contributed by atoms with van der Waals surface area (Å²) in [5.74, 6) is -2.42. The second-order valence-corrected chi connectivity index (χ2v) is 16.2. The zero-order valence-corrected chi connectivity index (χ0v) is 39.7. The number of carbonyl (C=O) groups excluding carboxylic acids is 7. The summed E-state index contributed by atoms with van der Waals surface area (Å²) < 4.78 is 38.6. The maximum atomic E-state index is 12.3. The Hall–Kier alpha value is -1.95. The summed E-state index contributed by atoms with van der Waals surface area (Å²) in [5.41, 5.74) is -2.25. The number of nitrogens with one attached hydrogen (secondary N) is 1. The highest BCUT2D eigenvalue weighted by molar-refractivity contribution is 7.81. The van der Waals surface area contributed by atoms with E-state index in [9.17, 15) is 33.6 Å². The normalized spacial score (nSPS) is 11.1. The quantitative estimate of drug-likeness (QED) is 0.0167. The van der Waals surface area contributed by atoms with Crippen LogP contribution in [0.3, 0.4) is 0 Å². The van der Waals surface area contributed by atoms with E-state index in [-0.39, 0.29) is 132 Å². The van der Waals surface area contributed by atoms with E-state index >= 15 is 0 Å². The van der Waals surface area contributed by atoms with E-state index in [0.29, 0.717) is 5.57 Å². The van der Waals surface area contributed by atoms with Gasteiger partial charge in [-0.25, -0.2) is 0 Å². The van der Waals surface area contributed by atoms with Crippen LogP contribution in [0.1, 0.15) is 51.9 Å². The molecule has 59 heavy (non-hydrogen) atoms. The SMILES string of the molecule is C=C(C)C(=O)NCCCN(C)C.O=C(CCS)OCC(COCC(COC(=O)CCS)(COC(=O)CCS)COC(=O)CCS)(COC(=O)CCS)COC(=O)CCS. The molecule has 0 aliphatic rings. The standard InChI is InChI=1S/C28H46O13S6.C9H18N2O/c29-21(1-7-42)36-15-27(16-37-22(30)2-8-43,17-38-23(31)3-9-44)13-35-14-28(18-39-24(32)4-10-45,19-40-25(33)5-11-46)20-41-26(34)6-12-47;1-8(2)9(12)10-6-5-7-11(3)4/h42-47H,1-20H2;1,5-7H2,2-4H3,(H,10,12). The van der Waals surface area contributed by atoms with Crippen molar-refractivity contribution in [1.82, 2.24) is 10.2 Å². The van der Waals surface area contributed by atoms with Crippen molar-refractivity contribution in [2.24, 2.45) is 10.8 Å².